The van der Waals surface area contributed by atoms with E-state index in [9.17, 15) is 14.4 Å². The third kappa shape index (κ3) is 3.63. The molecule has 3 aromatic rings. The van der Waals surface area contributed by atoms with Crippen LogP contribution in [-0.4, -0.2) is 31.9 Å². The number of nitrogens with one attached hydrogen (secondary N) is 1. The van der Waals surface area contributed by atoms with Gasteiger partial charge in [-0.3, -0.25) is 9.59 Å². The lowest BCUT2D eigenvalue weighted by molar-refractivity contribution is -0.115. The summed E-state index contributed by atoms with van der Waals surface area (Å²) in [4.78, 5) is 37.0. The van der Waals surface area contributed by atoms with E-state index in [1.165, 1.54) is 20.3 Å². The number of carbonyl (C=O) groups excluding carboxylic acids is 3. The molecular formula is C20H19NO6S. The summed E-state index contributed by atoms with van der Waals surface area (Å²) in [6, 6.07) is 5.34. The van der Waals surface area contributed by atoms with Gasteiger partial charge in [-0.2, -0.15) is 0 Å². The molecule has 0 bridgehead atoms. The Labute approximate surface area is 165 Å². The van der Waals surface area contributed by atoms with Crippen molar-refractivity contribution in [3.63, 3.8) is 0 Å². The van der Waals surface area contributed by atoms with Gasteiger partial charge < -0.3 is 19.2 Å². The third-order valence-corrected chi connectivity index (χ3v) is 5.63. The highest BCUT2D eigenvalue weighted by molar-refractivity contribution is 7.18. The molecule has 0 aliphatic carbocycles. The molecule has 0 saturated heterocycles. The molecule has 0 atom stereocenters. The molecule has 28 heavy (non-hydrogen) atoms. The number of thiophene rings is 1. The molecule has 0 radical (unpaired) electrons. The van der Waals surface area contributed by atoms with E-state index in [1.807, 2.05) is 0 Å². The minimum Gasteiger partial charge on any atom is -0.497 e. The summed E-state index contributed by atoms with van der Waals surface area (Å²) >= 11 is 1.06. The maximum Gasteiger partial charge on any atom is 0.341 e. The topological polar surface area (TPSA) is 94.8 Å². The fraction of sp³-hybridized carbons (Fsp3) is 0.250. The van der Waals surface area contributed by atoms with E-state index in [0.29, 0.717) is 32.3 Å². The Morgan fingerprint density at radius 3 is 2.61 bits per heavy atom. The Morgan fingerprint density at radius 1 is 1.21 bits per heavy atom. The second-order valence-corrected chi connectivity index (χ2v) is 7.18. The number of Topliss-reactive ketones (excluding diaryl/α,β-unsaturated/α-hetero) is 1. The average Bonchev–Trinajstić information content (AvgIpc) is 3.21. The van der Waals surface area contributed by atoms with Crippen molar-refractivity contribution < 1.29 is 28.3 Å². The molecule has 1 aromatic carbocycles. The zero-order valence-corrected chi connectivity index (χ0v) is 16.7. The van der Waals surface area contributed by atoms with Crippen molar-refractivity contribution >= 4 is 45.0 Å². The maximum atomic E-state index is 12.6. The van der Waals surface area contributed by atoms with Crippen molar-refractivity contribution in [3.05, 3.63) is 46.0 Å². The van der Waals surface area contributed by atoms with E-state index < -0.39 is 5.97 Å². The summed E-state index contributed by atoms with van der Waals surface area (Å²) in [6.07, 6.45) is 1.55. The summed E-state index contributed by atoms with van der Waals surface area (Å²) in [6.45, 7) is 3.07. The number of ketones is 1. The number of anilines is 1. The van der Waals surface area contributed by atoms with Crippen LogP contribution in [0.4, 0.5) is 5.00 Å². The highest BCUT2D eigenvalue weighted by Gasteiger charge is 2.25. The molecule has 0 unspecified atom stereocenters. The summed E-state index contributed by atoms with van der Waals surface area (Å²) in [5.41, 5.74) is 2.03. The van der Waals surface area contributed by atoms with Gasteiger partial charge in [-0.25, -0.2) is 4.79 Å². The molecule has 146 valence electrons. The Kier molecular flexibility index (Phi) is 5.51. The van der Waals surface area contributed by atoms with Gasteiger partial charge in [0.25, 0.3) is 0 Å². The van der Waals surface area contributed by atoms with Crippen LogP contribution in [0.15, 0.2) is 28.9 Å². The van der Waals surface area contributed by atoms with E-state index in [-0.39, 0.29) is 23.7 Å². The lowest BCUT2D eigenvalue weighted by atomic mass is 10.1. The smallest absolute Gasteiger partial charge is 0.341 e. The number of amides is 1. The normalized spacial score (nSPS) is 10.7. The predicted octanol–water partition coefficient (Wildman–Crippen LogP) is 3.98. The monoisotopic (exact) mass is 401 g/mol. The van der Waals surface area contributed by atoms with Crippen LogP contribution < -0.4 is 10.1 Å². The Morgan fingerprint density at radius 2 is 1.96 bits per heavy atom. The standard InChI is InChI=1S/C20H19NO6S/c1-10-17(20(24)26-4)19(28-18(10)11(2)22)21-16(23)7-12-9-27-15-6-5-13(25-3)8-14(12)15/h5-6,8-9H,7H2,1-4H3,(H,21,23). The number of hydrogen-bond donors (Lipinski definition) is 1. The molecule has 1 N–H and O–H groups in total. The molecule has 0 saturated carbocycles. The first-order valence-electron chi connectivity index (χ1n) is 8.42. The van der Waals surface area contributed by atoms with Gasteiger partial charge in [0.1, 0.15) is 16.3 Å². The SMILES string of the molecule is COC(=O)c1c(NC(=O)Cc2coc3ccc(OC)cc23)sc(C(C)=O)c1C. The van der Waals surface area contributed by atoms with Gasteiger partial charge in [-0.15, -0.1) is 11.3 Å². The van der Waals surface area contributed by atoms with Crippen LogP contribution in [0, 0.1) is 6.92 Å². The van der Waals surface area contributed by atoms with Gasteiger partial charge >= 0.3 is 5.97 Å². The number of rotatable bonds is 6. The highest BCUT2D eigenvalue weighted by Crippen LogP contribution is 2.34. The van der Waals surface area contributed by atoms with Gasteiger partial charge in [0.15, 0.2) is 5.78 Å². The van der Waals surface area contributed by atoms with Gasteiger partial charge in [-0.1, -0.05) is 0 Å². The molecule has 0 fully saturated rings. The number of benzene rings is 1. The van der Waals surface area contributed by atoms with Crippen LogP contribution in [0.5, 0.6) is 5.75 Å². The molecule has 0 spiro atoms. The van der Waals surface area contributed by atoms with E-state index >= 15 is 0 Å². The first-order valence-corrected chi connectivity index (χ1v) is 9.24. The number of fused-ring (bicyclic) bond motifs is 1. The molecule has 2 heterocycles. The maximum absolute atomic E-state index is 12.6. The van der Waals surface area contributed by atoms with Crippen LogP contribution >= 0.6 is 11.3 Å². The Balaban J connectivity index is 1.89. The molecule has 8 heteroatoms. The highest BCUT2D eigenvalue weighted by atomic mass is 32.1. The largest absolute Gasteiger partial charge is 0.497 e. The average molecular weight is 401 g/mol. The first-order chi connectivity index (χ1) is 13.3. The summed E-state index contributed by atoms with van der Waals surface area (Å²) < 4.78 is 15.5. The summed E-state index contributed by atoms with van der Waals surface area (Å²) in [7, 11) is 2.82. The van der Waals surface area contributed by atoms with Crippen molar-refractivity contribution in [1.29, 1.82) is 0 Å². The number of methoxy groups -OCH3 is 2. The van der Waals surface area contributed by atoms with Crippen LogP contribution in [0.25, 0.3) is 11.0 Å². The second kappa shape index (κ2) is 7.85. The van der Waals surface area contributed by atoms with Crippen molar-refractivity contribution in [2.75, 3.05) is 19.5 Å². The molecule has 0 aliphatic rings. The van der Waals surface area contributed by atoms with Crippen LogP contribution in [-0.2, 0) is 16.0 Å². The molecule has 7 nitrogen and oxygen atoms in total. The lowest BCUT2D eigenvalue weighted by Crippen LogP contribution is -2.16. The molecule has 3 rings (SSSR count). The fourth-order valence-corrected chi connectivity index (χ4v) is 4.06. The summed E-state index contributed by atoms with van der Waals surface area (Å²) in [5, 5.41) is 3.80. The van der Waals surface area contributed by atoms with Crippen LogP contribution in [0.1, 0.15) is 38.1 Å². The molecular weight excluding hydrogens is 382 g/mol. The quantitative estimate of drug-likeness (QED) is 0.496. The molecule has 2 aromatic heterocycles. The summed E-state index contributed by atoms with van der Waals surface area (Å²) in [5.74, 6) is -0.466. The second-order valence-electron chi connectivity index (χ2n) is 6.16. The van der Waals surface area contributed by atoms with E-state index in [4.69, 9.17) is 13.9 Å². The zero-order valence-electron chi connectivity index (χ0n) is 15.9. The van der Waals surface area contributed by atoms with Gasteiger partial charge in [0.2, 0.25) is 5.91 Å². The number of ether oxygens (including phenoxy) is 2. The van der Waals surface area contributed by atoms with Crippen molar-refractivity contribution in [1.82, 2.24) is 0 Å². The molecule has 0 aliphatic heterocycles. The Hall–Kier alpha value is -3.13. The number of hydrogen-bond acceptors (Lipinski definition) is 7. The Bertz CT molecular complexity index is 1080. The fourth-order valence-electron chi connectivity index (χ4n) is 2.95. The van der Waals surface area contributed by atoms with Crippen molar-refractivity contribution in [3.8, 4) is 5.75 Å². The van der Waals surface area contributed by atoms with Gasteiger partial charge in [0.05, 0.1) is 37.3 Å². The van der Waals surface area contributed by atoms with E-state index in [0.717, 1.165) is 16.7 Å². The first kappa shape index (κ1) is 19.6. The van der Waals surface area contributed by atoms with Gasteiger partial charge in [-0.05, 0) is 37.6 Å². The predicted molar refractivity (Wildman–Crippen MR) is 105 cm³/mol. The zero-order chi connectivity index (χ0) is 20.4. The number of carbonyl (C=O) groups is 3. The van der Waals surface area contributed by atoms with E-state index in [1.54, 1.807) is 32.2 Å². The van der Waals surface area contributed by atoms with Crippen LogP contribution in [0.2, 0.25) is 0 Å². The van der Waals surface area contributed by atoms with Crippen molar-refractivity contribution in [2.45, 2.75) is 20.3 Å². The minimum absolute atomic E-state index is 0.0349. The molecule has 1 amide bonds. The number of furan rings is 1. The van der Waals surface area contributed by atoms with Crippen LogP contribution in [0.3, 0.4) is 0 Å². The third-order valence-electron chi connectivity index (χ3n) is 4.32. The lowest BCUT2D eigenvalue weighted by Gasteiger charge is -2.06. The van der Waals surface area contributed by atoms with E-state index in [2.05, 4.69) is 5.32 Å². The van der Waals surface area contributed by atoms with Gasteiger partial charge in [0, 0.05) is 10.9 Å². The number of esters is 1. The minimum atomic E-state index is -0.602. The van der Waals surface area contributed by atoms with Crippen molar-refractivity contribution in [2.24, 2.45) is 0 Å².